The van der Waals surface area contributed by atoms with E-state index in [1.807, 2.05) is 13.8 Å². The van der Waals surface area contributed by atoms with Crippen LogP contribution in [-0.4, -0.2) is 9.52 Å². The maximum Gasteiger partial charge on any atom is 0.123 e. The summed E-state index contributed by atoms with van der Waals surface area (Å²) in [6.07, 6.45) is 0. The first-order valence-corrected chi connectivity index (χ1v) is 7.56. The third-order valence-electron chi connectivity index (χ3n) is 3.15. The van der Waals surface area contributed by atoms with Crippen molar-refractivity contribution >= 4 is 31.0 Å². The number of hydrogen-bond acceptors (Lipinski definition) is 0. The molecule has 0 aliphatic carbocycles. The van der Waals surface area contributed by atoms with Crippen molar-refractivity contribution in [2.45, 2.75) is 13.8 Å². The highest BCUT2D eigenvalue weighted by Gasteiger charge is 2.11. The average Bonchev–Trinajstić information content (AvgIpc) is 2.38. The highest BCUT2D eigenvalue weighted by Crippen LogP contribution is 2.12. The minimum absolute atomic E-state index is 0.151. The number of benzene rings is 2. The van der Waals surface area contributed by atoms with Gasteiger partial charge in [-0.2, -0.15) is 0 Å². The summed E-state index contributed by atoms with van der Waals surface area (Å²) in [7, 11) is 0.151. The average molecular weight is 298 g/mol. The predicted octanol–water partition coefficient (Wildman–Crippen LogP) is 3.69. The lowest BCUT2D eigenvalue weighted by Gasteiger charge is -2.12. The van der Waals surface area contributed by atoms with Crippen LogP contribution in [0.4, 0.5) is 8.78 Å². The maximum atomic E-state index is 13.5. The fourth-order valence-electron chi connectivity index (χ4n) is 2.13. The molecule has 0 unspecified atom stereocenters. The quantitative estimate of drug-likeness (QED) is 0.755. The van der Waals surface area contributed by atoms with Gasteiger partial charge in [0.05, 0.1) is 0 Å². The number of allylic oxidation sites excluding steroid dienone is 2. The standard InChI is InChI=1S/C18H16F2Si/c1-11(2)15-7-5-13(19)9-17(15)21-18-10-14(20)6-8-16(18)12(3)4/h5-10H,1,3H2,2,4H3. The largest absolute Gasteiger partial charge is 0.207 e. The van der Waals surface area contributed by atoms with Gasteiger partial charge in [-0.1, -0.05) is 36.4 Å². The predicted molar refractivity (Wildman–Crippen MR) is 87.2 cm³/mol. The van der Waals surface area contributed by atoms with E-state index < -0.39 is 0 Å². The highest BCUT2D eigenvalue weighted by atomic mass is 28.2. The lowest BCUT2D eigenvalue weighted by molar-refractivity contribution is 0.628. The molecule has 2 aromatic rings. The van der Waals surface area contributed by atoms with Crippen molar-refractivity contribution in [3.05, 3.63) is 72.3 Å². The summed E-state index contributed by atoms with van der Waals surface area (Å²) in [6.45, 7) is 11.6. The molecule has 3 heteroatoms. The molecule has 0 N–H and O–H groups in total. The van der Waals surface area contributed by atoms with Gasteiger partial charge in [-0.3, -0.25) is 0 Å². The molecule has 0 aliphatic rings. The van der Waals surface area contributed by atoms with Crippen LogP contribution in [0.2, 0.25) is 0 Å². The van der Waals surface area contributed by atoms with E-state index in [2.05, 4.69) is 13.2 Å². The normalized spacial score (nSPS) is 10.5. The Hall–Kier alpha value is -2.00. The van der Waals surface area contributed by atoms with Crippen LogP contribution in [0.3, 0.4) is 0 Å². The second-order valence-corrected chi connectivity index (χ2v) is 6.39. The van der Waals surface area contributed by atoms with Gasteiger partial charge in [0, 0.05) is 0 Å². The third kappa shape index (κ3) is 3.55. The highest BCUT2D eigenvalue weighted by molar-refractivity contribution is 6.69. The fourth-order valence-corrected chi connectivity index (χ4v) is 3.70. The van der Waals surface area contributed by atoms with Crippen molar-refractivity contribution in [3.63, 3.8) is 0 Å². The minimum atomic E-state index is -0.296. The zero-order valence-corrected chi connectivity index (χ0v) is 13.1. The Morgan fingerprint density at radius 2 is 1.19 bits per heavy atom. The molecule has 0 nitrogen and oxygen atoms in total. The molecule has 0 fully saturated rings. The van der Waals surface area contributed by atoms with E-state index in [-0.39, 0.29) is 21.2 Å². The van der Waals surface area contributed by atoms with Crippen molar-refractivity contribution in [3.8, 4) is 0 Å². The van der Waals surface area contributed by atoms with Crippen LogP contribution in [0.15, 0.2) is 49.6 Å². The minimum Gasteiger partial charge on any atom is -0.207 e. The number of halogens is 2. The van der Waals surface area contributed by atoms with Crippen molar-refractivity contribution in [2.24, 2.45) is 0 Å². The number of rotatable bonds is 4. The molecule has 2 rings (SSSR count). The van der Waals surface area contributed by atoms with Crippen LogP contribution < -0.4 is 10.4 Å². The number of hydrogen-bond donors (Lipinski definition) is 0. The Labute approximate surface area is 126 Å². The van der Waals surface area contributed by atoms with E-state index in [0.717, 1.165) is 32.6 Å². The SMILES string of the molecule is C=C(C)c1ccc(F)cc1[Si]c1cc(F)ccc1C(=C)C. The Bertz CT molecular complexity index is 656. The first-order valence-electron chi connectivity index (χ1n) is 6.56. The summed E-state index contributed by atoms with van der Waals surface area (Å²) in [5, 5.41) is 1.66. The molecule has 0 atom stereocenters. The van der Waals surface area contributed by atoms with Crippen LogP contribution in [0.5, 0.6) is 0 Å². The van der Waals surface area contributed by atoms with Gasteiger partial charge in [-0.25, -0.2) is 8.78 Å². The van der Waals surface area contributed by atoms with Crippen LogP contribution >= 0.6 is 0 Å². The van der Waals surface area contributed by atoms with Gasteiger partial charge >= 0.3 is 0 Å². The van der Waals surface area contributed by atoms with Gasteiger partial charge < -0.3 is 0 Å². The third-order valence-corrected chi connectivity index (χ3v) is 4.52. The summed E-state index contributed by atoms with van der Waals surface area (Å²) in [6, 6.07) is 9.27. The zero-order chi connectivity index (χ0) is 15.6. The second-order valence-electron chi connectivity index (χ2n) is 5.07. The molecule has 2 aromatic carbocycles. The first kappa shape index (κ1) is 15.4. The molecule has 0 aliphatic heterocycles. The topological polar surface area (TPSA) is 0 Å². The van der Waals surface area contributed by atoms with Crippen molar-refractivity contribution in [2.75, 3.05) is 0 Å². The van der Waals surface area contributed by atoms with Gasteiger partial charge in [0.2, 0.25) is 0 Å². The molecule has 21 heavy (non-hydrogen) atoms. The molecule has 0 saturated carbocycles. The van der Waals surface area contributed by atoms with E-state index in [1.54, 1.807) is 12.1 Å². The molecule has 0 saturated heterocycles. The molecule has 0 spiro atoms. The molecule has 0 amide bonds. The summed E-state index contributed by atoms with van der Waals surface area (Å²) in [5.74, 6) is -0.591. The van der Waals surface area contributed by atoms with Gasteiger partial charge in [0.15, 0.2) is 0 Å². The molecule has 106 valence electrons. The molecular weight excluding hydrogens is 282 g/mol. The van der Waals surface area contributed by atoms with E-state index in [0.29, 0.717) is 0 Å². The lowest BCUT2D eigenvalue weighted by atomic mass is 10.1. The Morgan fingerprint density at radius 1 is 0.810 bits per heavy atom. The van der Waals surface area contributed by atoms with Crippen molar-refractivity contribution < 1.29 is 8.78 Å². The summed E-state index contributed by atoms with van der Waals surface area (Å²) >= 11 is 0. The Morgan fingerprint density at radius 3 is 1.52 bits per heavy atom. The Kier molecular flexibility index (Phi) is 4.53. The second kappa shape index (κ2) is 6.18. The van der Waals surface area contributed by atoms with Crippen molar-refractivity contribution in [1.29, 1.82) is 0 Å². The van der Waals surface area contributed by atoms with Crippen LogP contribution in [0.25, 0.3) is 11.1 Å². The molecule has 0 heterocycles. The van der Waals surface area contributed by atoms with E-state index in [9.17, 15) is 8.78 Å². The Balaban J connectivity index is 2.52. The van der Waals surface area contributed by atoms with Crippen LogP contribution in [0, 0.1) is 11.6 Å². The van der Waals surface area contributed by atoms with E-state index in [1.165, 1.54) is 24.3 Å². The molecule has 0 bridgehead atoms. The summed E-state index contributed by atoms with van der Waals surface area (Å²) < 4.78 is 27.1. The van der Waals surface area contributed by atoms with E-state index in [4.69, 9.17) is 0 Å². The first-order chi connectivity index (χ1) is 9.88. The van der Waals surface area contributed by atoms with Crippen molar-refractivity contribution in [1.82, 2.24) is 0 Å². The molecular formula is C18H16F2Si. The van der Waals surface area contributed by atoms with Gasteiger partial charge in [0.25, 0.3) is 0 Å². The lowest BCUT2D eigenvalue weighted by Crippen LogP contribution is -2.32. The zero-order valence-electron chi connectivity index (χ0n) is 12.1. The van der Waals surface area contributed by atoms with Gasteiger partial charge in [-0.15, -0.1) is 0 Å². The molecule has 2 radical (unpaired) electrons. The summed E-state index contributed by atoms with van der Waals surface area (Å²) in [5.41, 5.74) is 3.55. The maximum absolute atomic E-state index is 13.5. The monoisotopic (exact) mass is 298 g/mol. The van der Waals surface area contributed by atoms with Crippen LogP contribution in [0.1, 0.15) is 25.0 Å². The smallest absolute Gasteiger partial charge is 0.123 e. The van der Waals surface area contributed by atoms with Gasteiger partial charge in [0.1, 0.15) is 21.2 Å². The van der Waals surface area contributed by atoms with E-state index >= 15 is 0 Å². The fraction of sp³-hybridized carbons (Fsp3) is 0.111. The van der Waals surface area contributed by atoms with Crippen LogP contribution in [-0.2, 0) is 0 Å². The van der Waals surface area contributed by atoms with Gasteiger partial charge in [-0.05, 0) is 59.6 Å². The summed E-state index contributed by atoms with van der Waals surface area (Å²) in [4.78, 5) is 0. The molecule has 0 aromatic heterocycles.